The maximum atomic E-state index is 11.1. The largest absolute Gasteiger partial charge is 0.292 e. The Morgan fingerprint density at radius 3 is 2.64 bits per heavy atom. The van der Waals surface area contributed by atoms with E-state index in [-0.39, 0.29) is 11.3 Å². The number of allylic oxidation sites excluding steroid dienone is 1. The smallest absolute Gasteiger partial charge is 0.182 e. The Morgan fingerprint density at radius 1 is 1.64 bits per heavy atom. The van der Waals surface area contributed by atoms with Gasteiger partial charge >= 0.3 is 0 Å². The molecule has 1 aliphatic rings. The molecule has 0 saturated heterocycles. The quantitative estimate of drug-likeness (QED) is 0.597. The van der Waals surface area contributed by atoms with Gasteiger partial charge in [-0.25, -0.2) is 0 Å². The Morgan fingerprint density at radius 2 is 2.27 bits per heavy atom. The highest BCUT2D eigenvalue weighted by Crippen LogP contribution is 2.23. The number of carbonyl (C=O) groups is 1. The summed E-state index contributed by atoms with van der Waals surface area (Å²) in [5.41, 5.74) is 0.234. The highest BCUT2D eigenvalue weighted by atomic mass is 16.1. The SMILES string of the molecule is CCC(=O)C1=CC(C)(C)N=N1. The highest BCUT2D eigenvalue weighted by molar-refractivity contribution is 5.95. The van der Waals surface area contributed by atoms with Crippen molar-refractivity contribution in [2.24, 2.45) is 10.2 Å². The van der Waals surface area contributed by atoms with E-state index in [9.17, 15) is 4.79 Å². The van der Waals surface area contributed by atoms with Crippen LogP contribution in [0.5, 0.6) is 0 Å². The molecule has 3 heteroatoms. The number of nitrogens with zero attached hydrogens (tertiary/aromatic N) is 2. The Balaban J connectivity index is 2.80. The van der Waals surface area contributed by atoms with Crippen LogP contribution in [0.3, 0.4) is 0 Å². The van der Waals surface area contributed by atoms with Crippen molar-refractivity contribution in [3.63, 3.8) is 0 Å². The highest BCUT2D eigenvalue weighted by Gasteiger charge is 2.22. The molecule has 60 valence electrons. The summed E-state index contributed by atoms with van der Waals surface area (Å²) in [6, 6.07) is 0. The fourth-order valence-electron chi connectivity index (χ4n) is 0.892. The molecular weight excluding hydrogens is 140 g/mol. The fourth-order valence-corrected chi connectivity index (χ4v) is 0.892. The van der Waals surface area contributed by atoms with E-state index in [4.69, 9.17) is 0 Å². The molecule has 0 N–H and O–H groups in total. The Labute approximate surface area is 66.2 Å². The van der Waals surface area contributed by atoms with Crippen LogP contribution in [0, 0.1) is 0 Å². The number of hydrogen-bond donors (Lipinski definition) is 0. The molecule has 0 unspecified atom stereocenters. The van der Waals surface area contributed by atoms with E-state index in [1.54, 1.807) is 6.08 Å². The summed E-state index contributed by atoms with van der Waals surface area (Å²) in [5.74, 6) is 0.0688. The molecule has 1 aliphatic heterocycles. The first-order valence-corrected chi connectivity index (χ1v) is 3.74. The summed E-state index contributed by atoms with van der Waals surface area (Å²) >= 11 is 0. The molecule has 0 radical (unpaired) electrons. The Bertz CT molecular complexity index is 238. The van der Waals surface area contributed by atoms with Gasteiger partial charge in [0.15, 0.2) is 5.78 Å². The zero-order chi connectivity index (χ0) is 8.48. The van der Waals surface area contributed by atoms with Gasteiger partial charge in [0, 0.05) is 6.42 Å². The van der Waals surface area contributed by atoms with E-state index < -0.39 is 0 Å². The molecular formula is C8H12N2O. The van der Waals surface area contributed by atoms with E-state index in [0.717, 1.165) is 0 Å². The molecule has 0 bridgehead atoms. The molecule has 0 aromatic carbocycles. The van der Waals surface area contributed by atoms with Gasteiger partial charge < -0.3 is 0 Å². The zero-order valence-electron chi connectivity index (χ0n) is 7.09. The first kappa shape index (κ1) is 8.11. The summed E-state index contributed by atoms with van der Waals surface area (Å²) in [6.07, 6.45) is 2.31. The van der Waals surface area contributed by atoms with Gasteiger partial charge in [0.2, 0.25) is 0 Å². The summed E-state index contributed by atoms with van der Waals surface area (Å²) in [6.45, 7) is 5.67. The third kappa shape index (κ3) is 1.73. The number of hydrogen-bond acceptors (Lipinski definition) is 3. The van der Waals surface area contributed by atoms with Crippen LogP contribution in [0.1, 0.15) is 27.2 Å². The second-order valence-corrected chi connectivity index (χ2v) is 3.16. The van der Waals surface area contributed by atoms with Crippen molar-refractivity contribution in [3.05, 3.63) is 11.8 Å². The van der Waals surface area contributed by atoms with Crippen molar-refractivity contribution in [1.29, 1.82) is 0 Å². The third-order valence-electron chi connectivity index (χ3n) is 1.51. The van der Waals surface area contributed by atoms with Crippen LogP contribution < -0.4 is 0 Å². The van der Waals surface area contributed by atoms with Crippen LogP contribution in [0.4, 0.5) is 0 Å². The molecule has 0 amide bonds. The number of azo groups is 1. The van der Waals surface area contributed by atoms with Crippen molar-refractivity contribution in [1.82, 2.24) is 0 Å². The van der Waals surface area contributed by atoms with E-state index >= 15 is 0 Å². The van der Waals surface area contributed by atoms with Gasteiger partial charge in [0.05, 0.1) is 5.54 Å². The lowest BCUT2D eigenvalue weighted by Gasteiger charge is -2.04. The van der Waals surface area contributed by atoms with Crippen LogP contribution >= 0.6 is 0 Å². The molecule has 0 saturated carbocycles. The lowest BCUT2D eigenvalue weighted by Crippen LogP contribution is -2.09. The predicted octanol–water partition coefficient (Wildman–Crippen LogP) is 2.09. The minimum atomic E-state index is -0.278. The van der Waals surface area contributed by atoms with Gasteiger partial charge in [-0.3, -0.25) is 4.79 Å². The van der Waals surface area contributed by atoms with Crippen molar-refractivity contribution in [3.8, 4) is 0 Å². The van der Waals surface area contributed by atoms with Crippen molar-refractivity contribution >= 4 is 5.78 Å². The summed E-state index contributed by atoms with van der Waals surface area (Å²) in [7, 11) is 0. The lowest BCUT2D eigenvalue weighted by atomic mass is 10.1. The van der Waals surface area contributed by atoms with E-state index in [1.807, 2.05) is 20.8 Å². The number of rotatable bonds is 2. The van der Waals surface area contributed by atoms with Gasteiger partial charge in [-0.15, -0.1) is 0 Å². The average molecular weight is 152 g/mol. The maximum Gasteiger partial charge on any atom is 0.182 e. The minimum absolute atomic E-state index is 0.0688. The van der Waals surface area contributed by atoms with Gasteiger partial charge in [-0.2, -0.15) is 10.2 Å². The van der Waals surface area contributed by atoms with Crippen LogP contribution in [-0.2, 0) is 4.79 Å². The molecule has 0 aromatic heterocycles. The molecule has 0 spiro atoms. The maximum absolute atomic E-state index is 11.1. The zero-order valence-corrected chi connectivity index (χ0v) is 7.09. The standard InChI is InChI=1S/C8H12N2O/c1-4-7(11)6-5-8(2,3)10-9-6/h5H,4H2,1-3H3. The first-order valence-electron chi connectivity index (χ1n) is 3.74. The monoisotopic (exact) mass is 152 g/mol. The van der Waals surface area contributed by atoms with Gasteiger partial charge in [0.25, 0.3) is 0 Å². The summed E-state index contributed by atoms with van der Waals surface area (Å²) in [5, 5.41) is 7.73. The van der Waals surface area contributed by atoms with Crippen molar-refractivity contribution in [2.75, 3.05) is 0 Å². The van der Waals surface area contributed by atoms with E-state index in [1.165, 1.54) is 0 Å². The summed E-state index contributed by atoms with van der Waals surface area (Å²) < 4.78 is 0. The number of ketones is 1. The van der Waals surface area contributed by atoms with Crippen LogP contribution in [0.2, 0.25) is 0 Å². The second-order valence-electron chi connectivity index (χ2n) is 3.16. The van der Waals surface area contributed by atoms with Gasteiger partial charge in [0.1, 0.15) is 5.70 Å². The Kier molecular flexibility index (Phi) is 1.89. The molecule has 1 rings (SSSR count). The van der Waals surface area contributed by atoms with Crippen LogP contribution in [0.15, 0.2) is 22.0 Å². The molecule has 0 atom stereocenters. The number of carbonyl (C=O) groups excluding carboxylic acids is 1. The first-order chi connectivity index (χ1) is 5.05. The molecule has 11 heavy (non-hydrogen) atoms. The molecule has 0 aromatic rings. The van der Waals surface area contributed by atoms with E-state index in [0.29, 0.717) is 12.1 Å². The van der Waals surface area contributed by atoms with Gasteiger partial charge in [-0.1, -0.05) is 6.92 Å². The van der Waals surface area contributed by atoms with Crippen LogP contribution in [-0.4, -0.2) is 11.3 Å². The predicted molar refractivity (Wildman–Crippen MR) is 42.3 cm³/mol. The lowest BCUT2D eigenvalue weighted by molar-refractivity contribution is -0.115. The van der Waals surface area contributed by atoms with Crippen LogP contribution in [0.25, 0.3) is 0 Å². The molecule has 0 fully saturated rings. The minimum Gasteiger partial charge on any atom is -0.292 e. The normalized spacial score (nSPS) is 20.1. The van der Waals surface area contributed by atoms with Crippen molar-refractivity contribution < 1.29 is 4.79 Å². The molecule has 1 heterocycles. The Hall–Kier alpha value is -0.990. The molecule has 0 aliphatic carbocycles. The fraction of sp³-hybridized carbons (Fsp3) is 0.625. The van der Waals surface area contributed by atoms with E-state index in [2.05, 4.69) is 10.2 Å². The topological polar surface area (TPSA) is 41.8 Å². The molecule has 3 nitrogen and oxygen atoms in total. The van der Waals surface area contributed by atoms with Gasteiger partial charge in [-0.05, 0) is 19.9 Å². The second kappa shape index (κ2) is 2.57. The number of Topliss-reactive ketones (excluding diaryl/α,β-unsaturated/α-hetero) is 1. The third-order valence-corrected chi connectivity index (χ3v) is 1.51. The summed E-state index contributed by atoms with van der Waals surface area (Å²) in [4.78, 5) is 11.1. The average Bonchev–Trinajstić information content (AvgIpc) is 2.29. The van der Waals surface area contributed by atoms with Crippen molar-refractivity contribution in [2.45, 2.75) is 32.7 Å².